The molecule has 0 bridgehead atoms. The number of likely N-dealkylation sites (tertiary alicyclic amines) is 1. The number of amides is 1. The van der Waals surface area contributed by atoms with E-state index in [-0.39, 0.29) is 29.2 Å². The van der Waals surface area contributed by atoms with E-state index in [1.807, 2.05) is 67.3 Å². The van der Waals surface area contributed by atoms with E-state index in [1.54, 1.807) is 4.90 Å². The summed E-state index contributed by atoms with van der Waals surface area (Å²) >= 11 is 0. The van der Waals surface area contributed by atoms with E-state index in [2.05, 4.69) is 24.0 Å². The van der Waals surface area contributed by atoms with E-state index in [0.717, 1.165) is 24.9 Å². The fourth-order valence-corrected chi connectivity index (χ4v) is 4.94. The molecular weight excluding hydrogens is 438 g/mol. The first-order chi connectivity index (χ1) is 16.9. The van der Waals surface area contributed by atoms with Crippen LogP contribution in [-0.2, 0) is 6.42 Å². The van der Waals surface area contributed by atoms with Gasteiger partial charge in [0.25, 0.3) is 5.91 Å². The molecule has 4 rings (SSSR count). The van der Waals surface area contributed by atoms with Crippen molar-refractivity contribution < 1.29 is 15.0 Å². The van der Waals surface area contributed by atoms with Gasteiger partial charge in [0, 0.05) is 30.7 Å². The molecule has 1 amide bonds. The third-order valence-electron chi connectivity index (χ3n) is 6.72. The number of hydrogen-bond donors (Lipinski definition) is 2. The van der Waals surface area contributed by atoms with Crippen molar-refractivity contribution in [3.63, 3.8) is 0 Å². The van der Waals surface area contributed by atoms with Crippen LogP contribution in [0.25, 0.3) is 0 Å². The van der Waals surface area contributed by atoms with Crippen molar-refractivity contribution in [1.29, 1.82) is 0 Å². The molecule has 1 fully saturated rings. The van der Waals surface area contributed by atoms with Gasteiger partial charge in [-0.15, -0.1) is 0 Å². The van der Waals surface area contributed by atoms with Crippen LogP contribution in [0.15, 0.2) is 60.7 Å². The quantitative estimate of drug-likeness (QED) is 0.419. The lowest BCUT2D eigenvalue weighted by atomic mass is 9.99. The molecule has 0 radical (unpaired) electrons. The zero-order valence-electron chi connectivity index (χ0n) is 20.8. The largest absolute Gasteiger partial charge is 0.505 e. The van der Waals surface area contributed by atoms with Crippen LogP contribution in [0.4, 0.5) is 11.4 Å². The number of aryl methyl sites for hydroxylation is 1. The summed E-state index contributed by atoms with van der Waals surface area (Å²) in [6, 6.07) is 19.9. The predicted octanol–water partition coefficient (Wildman–Crippen LogP) is 6.01. The van der Waals surface area contributed by atoms with Crippen LogP contribution < -0.4 is 4.90 Å². The van der Waals surface area contributed by atoms with Gasteiger partial charge in [-0.25, -0.2) is 4.98 Å². The molecule has 3 aromatic rings. The van der Waals surface area contributed by atoms with Gasteiger partial charge in [-0.2, -0.15) is 0 Å². The standard InChI is InChI=1S/C29H35N3O3/c1-4-5-16-24-26(32(20(2)3)23-14-10-7-11-15-23)27(33)25(28(34)30-24)29(35)31-18-17-22(19-31)21-12-8-6-9-13-21/h6-15,20,22H,4-5,16-19H2,1-3H3,(H2,30,33,34)/t22-/m0/s1. The van der Waals surface area contributed by atoms with Crippen LogP contribution >= 0.6 is 0 Å². The number of benzene rings is 2. The lowest BCUT2D eigenvalue weighted by Gasteiger charge is -2.32. The molecule has 1 aliphatic rings. The van der Waals surface area contributed by atoms with E-state index >= 15 is 0 Å². The van der Waals surface area contributed by atoms with E-state index < -0.39 is 5.88 Å². The number of anilines is 2. The highest BCUT2D eigenvalue weighted by molar-refractivity contribution is 6.01. The molecule has 1 atom stereocenters. The Morgan fingerprint density at radius 2 is 1.74 bits per heavy atom. The first-order valence-corrected chi connectivity index (χ1v) is 12.6. The fourth-order valence-electron chi connectivity index (χ4n) is 4.94. The Bertz CT molecular complexity index is 1150. The summed E-state index contributed by atoms with van der Waals surface area (Å²) in [7, 11) is 0. The number of pyridine rings is 1. The number of unbranched alkanes of at least 4 members (excludes halogenated alkanes) is 1. The molecule has 1 aliphatic heterocycles. The molecule has 6 heteroatoms. The summed E-state index contributed by atoms with van der Waals surface area (Å²) < 4.78 is 0. The van der Waals surface area contributed by atoms with Gasteiger partial charge in [0.05, 0.1) is 5.69 Å². The van der Waals surface area contributed by atoms with E-state index in [0.29, 0.717) is 30.9 Å². The molecule has 0 spiro atoms. The Kier molecular flexibility index (Phi) is 7.59. The minimum absolute atomic E-state index is 0.00720. The van der Waals surface area contributed by atoms with Gasteiger partial charge in [0.1, 0.15) is 11.3 Å². The number of rotatable bonds is 8. The highest BCUT2D eigenvalue weighted by atomic mass is 16.3. The van der Waals surface area contributed by atoms with Gasteiger partial charge < -0.3 is 20.0 Å². The zero-order chi connectivity index (χ0) is 24.9. The van der Waals surface area contributed by atoms with Crippen LogP contribution in [0.5, 0.6) is 11.6 Å². The maximum absolute atomic E-state index is 13.6. The Hall–Kier alpha value is -3.54. The number of hydrogen-bond acceptors (Lipinski definition) is 5. The minimum Gasteiger partial charge on any atom is -0.505 e. The van der Waals surface area contributed by atoms with E-state index in [1.165, 1.54) is 5.56 Å². The second-order valence-electron chi connectivity index (χ2n) is 9.50. The Morgan fingerprint density at radius 1 is 1.09 bits per heavy atom. The van der Waals surface area contributed by atoms with Gasteiger partial charge in [-0.3, -0.25) is 4.79 Å². The molecule has 0 aliphatic carbocycles. The Balaban J connectivity index is 1.75. The number of nitrogens with zero attached hydrogens (tertiary/aromatic N) is 3. The number of carbonyl (C=O) groups is 1. The van der Waals surface area contributed by atoms with Crippen molar-refractivity contribution in [3.05, 3.63) is 77.5 Å². The first kappa shape index (κ1) is 24.6. The smallest absolute Gasteiger partial charge is 0.263 e. The van der Waals surface area contributed by atoms with Gasteiger partial charge in [-0.1, -0.05) is 61.9 Å². The van der Waals surface area contributed by atoms with E-state index in [4.69, 9.17) is 0 Å². The topological polar surface area (TPSA) is 76.9 Å². The molecule has 2 aromatic carbocycles. The van der Waals surface area contributed by atoms with E-state index in [9.17, 15) is 15.0 Å². The van der Waals surface area contributed by atoms with Crippen LogP contribution in [0, 0.1) is 0 Å². The molecule has 0 unspecified atom stereocenters. The third-order valence-corrected chi connectivity index (χ3v) is 6.72. The summed E-state index contributed by atoms with van der Waals surface area (Å²) in [6.07, 6.45) is 3.24. The molecule has 0 saturated carbocycles. The number of para-hydroxylation sites is 1. The number of aromatic hydroxyl groups is 2. The van der Waals surface area contributed by atoms with Gasteiger partial charge in [0.2, 0.25) is 5.88 Å². The van der Waals surface area contributed by atoms with Crippen LogP contribution in [0.1, 0.15) is 67.6 Å². The average molecular weight is 474 g/mol. The highest BCUT2D eigenvalue weighted by Gasteiger charge is 2.34. The summed E-state index contributed by atoms with van der Waals surface area (Å²) in [5.74, 6) is -0.750. The van der Waals surface area contributed by atoms with Crippen molar-refractivity contribution in [2.75, 3.05) is 18.0 Å². The molecule has 1 saturated heterocycles. The Morgan fingerprint density at radius 3 is 2.37 bits per heavy atom. The summed E-state index contributed by atoms with van der Waals surface area (Å²) in [6.45, 7) is 7.27. The third kappa shape index (κ3) is 5.11. The van der Waals surface area contributed by atoms with Crippen LogP contribution in [0.3, 0.4) is 0 Å². The fraction of sp³-hybridized carbons (Fsp3) is 0.379. The minimum atomic E-state index is -0.401. The van der Waals surface area contributed by atoms with Crippen molar-refractivity contribution in [3.8, 4) is 11.6 Å². The molecule has 184 valence electrons. The maximum Gasteiger partial charge on any atom is 0.263 e. The molecule has 2 heterocycles. The molecular formula is C29H35N3O3. The molecule has 1 aromatic heterocycles. The summed E-state index contributed by atoms with van der Waals surface area (Å²) in [5, 5.41) is 22.4. The molecule has 35 heavy (non-hydrogen) atoms. The Labute approximate surface area is 207 Å². The average Bonchev–Trinajstić information content (AvgIpc) is 3.36. The molecule has 6 nitrogen and oxygen atoms in total. The van der Waals surface area contributed by atoms with Gasteiger partial charge >= 0.3 is 0 Å². The van der Waals surface area contributed by atoms with Crippen molar-refractivity contribution >= 4 is 17.3 Å². The van der Waals surface area contributed by atoms with Crippen LogP contribution in [0.2, 0.25) is 0 Å². The van der Waals surface area contributed by atoms with Gasteiger partial charge in [-0.05, 0) is 50.8 Å². The maximum atomic E-state index is 13.6. The second-order valence-corrected chi connectivity index (χ2v) is 9.50. The van der Waals surface area contributed by atoms with Crippen molar-refractivity contribution in [1.82, 2.24) is 9.88 Å². The molecule has 2 N–H and O–H groups in total. The summed E-state index contributed by atoms with van der Waals surface area (Å²) in [5.41, 5.74) is 3.07. The predicted molar refractivity (Wildman–Crippen MR) is 140 cm³/mol. The second kappa shape index (κ2) is 10.8. The number of carbonyl (C=O) groups excluding carboxylic acids is 1. The zero-order valence-corrected chi connectivity index (χ0v) is 20.8. The normalized spacial score (nSPS) is 15.5. The monoisotopic (exact) mass is 473 g/mol. The first-order valence-electron chi connectivity index (χ1n) is 12.6. The number of aromatic nitrogens is 1. The summed E-state index contributed by atoms with van der Waals surface area (Å²) in [4.78, 5) is 21.8. The highest BCUT2D eigenvalue weighted by Crippen LogP contribution is 2.44. The lowest BCUT2D eigenvalue weighted by Crippen LogP contribution is -2.31. The lowest BCUT2D eigenvalue weighted by molar-refractivity contribution is 0.0783. The van der Waals surface area contributed by atoms with Crippen LogP contribution in [-0.4, -0.2) is 45.1 Å². The van der Waals surface area contributed by atoms with Crippen molar-refractivity contribution in [2.45, 2.75) is 58.4 Å². The SMILES string of the molecule is CCCCc1nc(O)c(C(=O)N2CC[C@H](c3ccccc3)C2)c(O)c1N(c1ccccc1)C(C)C. The van der Waals surface area contributed by atoms with Gasteiger partial charge in [0.15, 0.2) is 5.75 Å². The van der Waals surface area contributed by atoms with Crippen molar-refractivity contribution in [2.24, 2.45) is 0 Å².